The summed E-state index contributed by atoms with van der Waals surface area (Å²) in [6.07, 6.45) is 1.46. The molecule has 0 amide bonds. The SMILES string of the molecule is Fc1cccc(N(CN2CCOCC2)c2ncnc3sccc23)c1F. The van der Waals surface area contributed by atoms with Crippen molar-refractivity contribution in [3.63, 3.8) is 0 Å². The smallest absolute Gasteiger partial charge is 0.182 e. The van der Waals surface area contributed by atoms with Crippen molar-refractivity contribution in [1.29, 1.82) is 0 Å². The van der Waals surface area contributed by atoms with Gasteiger partial charge in [0, 0.05) is 13.1 Å². The van der Waals surface area contributed by atoms with Crippen LogP contribution in [-0.4, -0.2) is 47.8 Å². The Bertz CT molecular complexity index is 882. The van der Waals surface area contributed by atoms with Crippen LogP contribution in [-0.2, 0) is 4.74 Å². The average Bonchev–Trinajstić information content (AvgIpc) is 3.12. The highest BCUT2D eigenvalue weighted by molar-refractivity contribution is 7.16. The second-order valence-electron chi connectivity index (χ2n) is 5.71. The summed E-state index contributed by atoms with van der Waals surface area (Å²) in [5.41, 5.74) is 0.165. The van der Waals surface area contributed by atoms with Crippen molar-refractivity contribution >= 4 is 33.1 Å². The second kappa shape index (κ2) is 6.99. The Balaban J connectivity index is 1.80. The molecule has 0 bridgehead atoms. The summed E-state index contributed by atoms with van der Waals surface area (Å²) in [6.45, 7) is 3.09. The molecule has 0 atom stereocenters. The Hall–Kier alpha value is -2.16. The molecule has 0 radical (unpaired) electrons. The number of thiophene rings is 1. The molecule has 5 nitrogen and oxygen atoms in total. The molecule has 130 valence electrons. The molecule has 0 saturated carbocycles. The van der Waals surface area contributed by atoms with Crippen LogP contribution in [0, 0.1) is 11.6 Å². The maximum Gasteiger partial charge on any atom is 0.182 e. The lowest BCUT2D eigenvalue weighted by molar-refractivity contribution is 0.0390. The number of anilines is 2. The zero-order valence-corrected chi connectivity index (χ0v) is 14.2. The summed E-state index contributed by atoms with van der Waals surface area (Å²) in [5, 5.41) is 2.74. The Morgan fingerprint density at radius 2 is 2.00 bits per heavy atom. The van der Waals surface area contributed by atoms with Gasteiger partial charge in [-0.05, 0) is 23.6 Å². The molecule has 2 aromatic heterocycles. The zero-order chi connectivity index (χ0) is 17.2. The molecule has 1 saturated heterocycles. The standard InChI is InChI=1S/C17H16F2N4OS/c18-13-2-1-3-14(15(13)19)23(11-22-5-7-24-8-6-22)16-12-4-9-25-17(12)21-10-20-16/h1-4,9-10H,5-8,11H2. The number of hydrogen-bond acceptors (Lipinski definition) is 6. The third-order valence-electron chi connectivity index (χ3n) is 4.16. The molecule has 0 spiro atoms. The Kier molecular flexibility index (Phi) is 4.56. The molecule has 1 aliphatic rings. The third-order valence-corrected chi connectivity index (χ3v) is 4.98. The first kappa shape index (κ1) is 16.3. The predicted molar refractivity (Wildman–Crippen MR) is 93.2 cm³/mol. The van der Waals surface area contributed by atoms with E-state index in [-0.39, 0.29) is 5.69 Å². The number of morpholine rings is 1. The lowest BCUT2D eigenvalue weighted by atomic mass is 10.2. The molecule has 0 unspecified atom stereocenters. The first-order valence-corrected chi connectivity index (χ1v) is 8.82. The van der Waals surface area contributed by atoms with Gasteiger partial charge >= 0.3 is 0 Å². The van der Waals surface area contributed by atoms with Gasteiger partial charge in [0.1, 0.15) is 17.0 Å². The summed E-state index contributed by atoms with van der Waals surface area (Å²) in [4.78, 5) is 13.3. The summed E-state index contributed by atoms with van der Waals surface area (Å²) in [7, 11) is 0. The summed E-state index contributed by atoms with van der Waals surface area (Å²) in [5.74, 6) is -1.18. The largest absolute Gasteiger partial charge is 0.379 e. The number of halogens is 2. The van der Waals surface area contributed by atoms with Gasteiger partial charge in [0.05, 0.1) is 31.0 Å². The van der Waals surface area contributed by atoms with Crippen LogP contribution in [0.1, 0.15) is 0 Å². The van der Waals surface area contributed by atoms with E-state index in [1.165, 1.54) is 23.7 Å². The minimum absolute atomic E-state index is 0.165. The molecular weight excluding hydrogens is 346 g/mol. The number of benzene rings is 1. The van der Waals surface area contributed by atoms with Gasteiger partial charge in [-0.3, -0.25) is 4.90 Å². The number of ether oxygens (including phenoxy) is 1. The van der Waals surface area contributed by atoms with Crippen LogP contribution in [0.4, 0.5) is 20.3 Å². The first-order valence-electron chi connectivity index (χ1n) is 7.94. The predicted octanol–water partition coefficient (Wildman–Crippen LogP) is 3.40. The van der Waals surface area contributed by atoms with Crippen LogP contribution in [0.5, 0.6) is 0 Å². The van der Waals surface area contributed by atoms with Crippen molar-refractivity contribution in [2.24, 2.45) is 0 Å². The van der Waals surface area contributed by atoms with Crippen molar-refractivity contribution < 1.29 is 13.5 Å². The van der Waals surface area contributed by atoms with Crippen molar-refractivity contribution in [3.8, 4) is 0 Å². The first-order chi connectivity index (χ1) is 12.2. The van der Waals surface area contributed by atoms with Crippen LogP contribution in [0.15, 0.2) is 36.0 Å². The summed E-state index contributed by atoms with van der Waals surface area (Å²) >= 11 is 1.49. The van der Waals surface area contributed by atoms with E-state index in [4.69, 9.17) is 4.74 Å². The fourth-order valence-electron chi connectivity index (χ4n) is 2.89. The maximum atomic E-state index is 14.5. The number of aromatic nitrogens is 2. The summed E-state index contributed by atoms with van der Waals surface area (Å²) < 4.78 is 33.7. The van der Waals surface area contributed by atoms with Crippen molar-refractivity contribution in [1.82, 2.24) is 14.9 Å². The monoisotopic (exact) mass is 362 g/mol. The van der Waals surface area contributed by atoms with Gasteiger partial charge in [0.15, 0.2) is 11.6 Å². The normalized spacial score (nSPS) is 15.6. The highest BCUT2D eigenvalue weighted by Crippen LogP contribution is 2.33. The minimum atomic E-state index is -0.877. The fourth-order valence-corrected chi connectivity index (χ4v) is 3.62. The molecule has 4 rings (SSSR count). The molecule has 1 aliphatic heterocycles. The molecule has 1 fully saturated rings. The molecule has 8 heteroatoms. The van der Waals surface area contributed by atoms with E-state index in [1.807, 2.05) is 11.4 Å². The molecule has 1 aromatic carbocycles. The van der Waals surface area contributed by atoms with Crippen molar-refractivity contribution in [2.45, 2.75) is 0 Å². The van der Waals surface area contributed by atoms with Gasteiger partial charge < -0.3 is 9.64 Å². The third kappa shape index (κ3) is 3.20. The van der Waals surface area contributed by atoms with Crippen molar-refractivity contribution in [3.05, 3.63) is 47.6 Å². The van der Waals surface area contributed by atoms with E-state index in [9.17, 15) is 8.78 Å². The quantitative estimate of drug-likeness (QED) is 0.712. The van der Waals surface area contributed by atoms with Crippen LogP contribution in [0.2, 0.25) is 0 Å². The van der Waals surface area contributed by atoms with Gasteiger partial charge in [-0.15, -0.1) is 11.3 Å². The van der Waals surface area contributed by atoms with Gasteiger partial charge in [-0.1, -0.05) is 6.07 Å². The van der Waals surface area contributed by atoms with Gasteiger partial charge in [0.2, 0.25) is 0 Å². The lowest BCUT2D eigenvalue weighted by Crippen LogP contribution is -2.43. The molecular formula is C17H16F2N4OS. The molecule has 0 aliphatic carbocycles. The average molecular weight is 362 g/mol. The number of fused-ring (bicyclic) bond motifs is 1. The van der Waals surface area contributed by atoms with E-state index in [1.54, 1.807) is 11.0 Å². The highest BCUT2D eigenvalue weighted by Gasteiger charge is 2.23. The van der Waals surface area contributed by atoms with Gasteiger partial charge in [-0.2, -0.15) is 0 Å². The Morgan fingerprint density at radius 3 is 2.84 bits per heavy atom. The van der Waals surface area contributed by atoms with E-state index in [0.717, 1.165) is 29.4 Å². The number of rotatable bonds is 4. The van der Waals surface area contributed by atoms with E-state index in [0.29, 0.717) is 25.7 Å². The molecule has 3 aromatic rings. The van der Waals surface area contributed by atoms with Crippen LogP contribution in [0.25, 0.3) is 10.2 Å². The highest BCUT2D eigenvalue weighted by atomic mass is 32.1. The second-order valence-corrected chi connectivity index (χ2v) is 6.60. The van der Waals surface area contributed by atoms with Crippen LogP contribution in [0.3, 0.4) is 0 Å². The minimum Gasteiger partial charge on any atom is -0.379 e. The van der Waals surface area contributed by atoms with Crippen molar-refractivity contribution in [2.75, 3.05) is 37.9 Å². The summed E-state index contributed by atoms with van der Waals surface area (Å²) in [6, 6.07) is 6.09. The van der Waals surface area contributed by atoms with E-state index >= 15 is 0 Å². The molecule has 25 heavy (non-hydrogen) atoms. The number of nitrogens with zero attached hydrogens (tertiary/aromatic N) is 4. The fraction of sp³-hybridized carbons (Fsp3) is 0.294. The maximum absolute atomic E-state index is 14.5. The Labute approximate surface area is 147 Å². The molecule has 0 N–H and O–H groups in total. The Morgan fingerprint density at radius 1 is 1.16 bits per heavy atom. The molecule has 3 heterocycles. The van der Waals surface area contributed by atoms with Crippen LogP contribution >= 0.6 is 11.3 Å². The van der Waals surface area contributed by atoms with Gasteiger partial charge in [0.25, 0.3) is 0 Å². The lowest BCUT2D eigenvalue weighted by Gasteiger charge is -2.33. The van der Waals surface area contributed by atoms with Crippen LogP contribution < -0.4 is 4.90 Å². The topological polar surface area (TPSA) is 41.5 Å². The van der Waals surface area contributed by atoms with E-state index < -0.39 is 11.6 Å². The zero-order valence-electron chi connectivity index (χ0n) is 13.4. The number of hydrogen-bond donors (Lipinski definition) is 0. The van der Waals surface area contributed by atoms with E-state index in [2.05, 4.69) is 14.9 Å². The van der Waals surface area contributed by atoms with Gasteiger partial charge in [-0.25, -0.2) is 18.7 Å².